The van der Waals surface area contributed by atoms with E-state index in [-0.39, 0.29) is 18.4 Å². The number of nitrogens with zero attached hydrogens (tertiary/aromatic N) is 6. The Morgan fingerprint density at radius 1 is 1.17 bits per heavy atom. The quantitative estimate of drug-likeness (QED) is 0.882. The normalized spacial score (nSPS) is 26.9. The third kappa shape index (κ3) is 2.59. The minimum atomic E-state index is 0.0845. The van der Waals surface area contributed by atoms with Crippen molar-refractivity contribution in [3.63, 3.8) is 0 Å². The number of rotatable bonds is 5. The predicted octanol–water partition coefficient (Wildman–Crippen LogP) is 0.926. The zero-order chi connectivity index (χ0) is 16.1. The summed E-state index contributed by atoms with van der Waals surface area (Å²) < 4.78 is 0. The lowest BCUT2D eigenvalue weighted by Crippen LogP contribution is -2.33. The molecule has 0 unspecified atom stereocenters. The molecular formula is C16H21N7O. The van der Waals surface area contributed by atoms with Crippen LogP contribution in [-0.2, 0) is 11.3 Å². The summed E-state index contributed by atoms with van der Waals surface area (Å²) in [6, 6.07) is 0. The van der Waals surface area contributed by atoms with Crippen molar-refractivity contribution in [3.8, 4) is 0 Å². The summed E-state index contributed by atoms with van der Waals surface area (Å²) >= 11 is 0. The lowest BCUT2D eigenvalue weighted by Gasteiger charge is -2.15. The smallest absolute Gasteiger partial charge is 0.246 e. The Kier molecular flexibility index (Phi) is 3.17. The molecule has 1 aliphatic heterocycles. The number of nitrogens with one attached hydrogen (secondary N) is 1. The van der Waals surface area contributed by atoms with Gasteiger partial charge in [0.15, 0.2) is 5.82 Å². The maximum Gasteiger partial charge on any atom is 0.246 e. The molecule has 8 nitrogen and oxygen atoms in total. The minimum absolute atomic E-state index is 0.0845. The summed E-state index contributed by atoms with van der Waals surface area (Å²) in [5.74, 6) is 4.09. The van der Waals surface area contributed by atoms with E-state index in [1.54, 1.807) is 12.4 Å². The fraction of sp³-hybridized carbons (Fsp3) is 0.688. The van der Waals surface area contributed by atoms with Gasteiger partial charge in [0.25, 0.3) is 0 Å². The number of hydrogen-bond acceptors (Lipinski definition) is 5. The predicted molar refractivity (Wildman–Crippen MR) is 83.9 cm³/mol. The Morgan fingerprint density at radius 2 is 1.96 bits per heavy atom. The topological polar surface area (TPSA) is 92.6 Å². The van der Waals surface area contributed by atoms with Crippen molar-refractivity contribution in [2.75, 3.05) is 13.1 Å². The van der Waals surface area contributed by atoms with Crippen LogP contribution >= 0.6 is 0 Å². The van der Waals surface area contributed by atoms with Crippen LogP contribution in [0, 0.1) is 11.8 Å². The largest absolute Gasteiger partial charge is 0.340 e. The molecule has 3 aliphatic rings. The number of carbonyl (C=O) groups excluding carboxylic acids is 1. The first-order chi connectivity index (χ1) is 11.8. The van der Waals surface area contributed by atoms with Gasteiger partial charge in [-0.2, -0.15) is 20.1 Å². The highest BCUT2D eigenvalue weighted by Crippen LogP contribution is 2.47. The first kappa shape index (κ1) is 14.1. The maximum absolute atomic E-state index is 12.6. The molecule has 5 rings (SSSR count). The van der Waals surface area contributed by atoms with E-state index in [0.717, 1.165) is 30.7 Å². The molecule has 2 saturated carbocycles. The van der Waals surface area contributed by atoms with E-state index in [4.69, 9.17) is 4.98 Å². The average Bonchev–Trinajstić information content (AvgIpc) is 3.46. The van der Waals surface area contributed by atoms with Crippen molar-refractivity contribution in [3.05, 3.63) is 24.0 Å². The van der Waals surface area contributed by atoms with Gasteiger partial charge >= 0.3 is 0 Å². The first-order valence-electron chi connectivity index (χ1n) is 8.82. The van der Waals surface area contributed by atoms with Gasteiger partial charge in [-0.15, -0.1) is 0 Å². The number of hydrogen-bond donors (Lipinski definition) is 1. The van der Waals surface area contributed by atoms with Crippen LogP contribution in [0.25, 0.3) is 0 Å². The summed E-state index contributed by atoms with van der Waals surface area (Å²) in [5.41, 5.74) is 0. The fourth-order valence-corrected chi connectivity index (χ4v) is 3.85. The molecule has 1 N–H and O–H groups in total. The third-order valence-electron chi connectivity index (χ3n) is 5.50. The third-order valence-corrected chi connectivity index (χ3v) is 5.50. The molecule has 0 radical (unpaired) electrons. The van der Waals surface area contributed by atoms with Crippen molar-refractivity contribution < 1.29 is 4.79 Å². The molecule has 2 aromatic heterocycles. The second kappa shape index (κ2) is 5.39. The molecule has 0 bridgehead atoms. The van der Waals surface area contributed by atoms with E-state index in [1.165, 1.54) is 30.5 Å². The Hall–Kier alpha value is -2.25. The molecule has 126 valence electrons. The molecule has 2 atom stereocenters. The highest BCUT2D eigenvalue weighted by atomic mass is 16.2. The first-order valence-corrected chi connectivity index (χ1v) is 8.82. The van der Waals surface area contributed by atoms with Gasteiger partial charge in [0.2, 0.25) is 5.91 Å². The summed E-state index contributed by atoms with van der Waals surface area (Å²) in [4.78, 5) is 20.7. The van der Waals surface area contributed by atoms with Gasteiger partial charge in [0.1, 0.15) is 12.4 Å². The highest BCUT2D eigenvalue weighted by molar-refractivity contribution is 5.76. The molecule has 1 amide bonds. The lowest BCUT2D eigenvalue weighted by atomic mass is 9.91. The molecule has 2 aromatic rings. The average molecular weight is 327 g/mol. The zero-order valence-corrected chi connectivity index (χ0v) is 13.5. The van der Waals surface area contributed by atoms with Crippen molar-refractivity contribution in [1.29, 1.82) is 0 Å². The second-order valence-electron chi connectivity index (χ2n) is 7.32. The molecule has 24 heavy (non-hydrogen) atoms. The van der Waals surface area contributed by atoms with Crippen molar-refractivity contribution >= 4 is 5.91 Å². The van der Waals surface area contributed by atoms with Crippen LogP contribution in [0.2, 0.25) is 0 Å². The number of carbonyl (C=O) groups is 1. The summed E-state index contributed by atoms with van der Waals surface area (Å²) in [7, 11) is 0. The summed E-state index contributed by atoms with van der Waals surface area (Å²) in [6.45, 7) is 1.75. The van der Waals surface area contributed by atoms with Crippen LogP contribution in [-0.4, -0.2) is 54.1 Å². The van der Waals surface area contributed by atoms with Gasteiger partial charge in [-0.25, -0.2) is 4.98 Å². The molecule has 2 aliphatic carbocycles. The molecule has 1 saturated heterocycles. The Morgan fingerprint density at radius 3 is 2.67 bits per heavy atom. The van der Waals surface area contributed by atoms with E-state index < -0.39 is 0 Å². The van der Waals surface area contributed by atoms with Crippen LogP contribution in [0.5, 0.6) is 0 Å². The van der Waals surface area contributed by atoms with E-state index in [0.29, 0.717) is 11.8 Å². The van der Waals surface area contributed by atoms with Gasteiger partial charge in [-0.05, 0) is 37.5 Å². The molecule has 3 heterocycles. The zero-order valence-electron chi connectivity index (χ0n) is 13.5. The minimum Gasteiger partial charge on any atom is -0.340 e. The van der Waals surface area contributed by atoms with E-state index >= 15 is 0 Å². The van der Waals surface area contributed by atoms with E-state index in [2.05, 4.69) is 20.4 Å². The standard InChI is InChI=1S/C16H21N7O/c24-14(9-23-17-5-6-18-23)22-7-12(10-1-2-10)13(8-22)16-19-15(20-21-16)11-3-4-11/h5-6,10-13H,1-4,7-9H2,(H,19,20,21)/t12-,13+/m1/s1. The van der Waals surface area contributed by atoms with Gasteiger partial charge < -0.3 is 4.90 Å². The van der Waals surface area contributed by atoms with E-state index in [9.17, 15) is 4.79 Å². The SMILES string of the molecule is O=C(Cn1nccn1)N1C[C@H](c2nc(C3CC3)n[nH]2)[C@@H](C2CC2)C1. The summed E-state index contributed by atoms with van der Waals surface area (Å²) in [6.07, 6.45) is 8.15. The molecule has 3 fully saturated rings. The van der Waals surface area contributed by atoms with Gasteiger partial charge in [-0.3, -0.25) is 9.89 Å². The van der Waals surface area contributed by atoms with Gasteiger partial charge in [-0.1, -0.05) is 0 Å². The lowest BCUT2D eigenvalue weighted by molar-refractivity contribution is -0.131. The van der Waals surface area contributed by atoms with Gasteiger partial charge in [0.05, 0.1) is 12.4 Å². The molecule has 0 spiro atoms. The number of likely N-dealkylation sites (tertiary alicyclic amines) is 1. The number of aromatic nitrogens is 6. The van der Waals surface area contributed by atoms with Crippen molar-refractivity contribution in [2.45, 2.75) is 44.1 Å². The number of H-pyrrole nitrogens is 1. The van der Waals surface area contributed by atoms with Crippen molar-refractivity contribution in [2.24, 2.45) is 11.8 Å². The molecule has 8 heteroatoms. The Balaban J connectivity index is 1.33. The van der Waals surface area contributed by atoms with Crippen LogP contribution in [0.4, 0.5) is 0 Å². The maximum atomic E-state index is 12.6. The number of aromatic amines is 1. The van der Waals surface area contributed by atoms with Crippen LogP contribution in [0.15, 0.2) is 12.4 Å². The van der Waals surface area contributed by atoms with Crippen molar-refractivity contribution in [1.82, 2.24) is 35.1 Å². The Bertz CT molecular complexity index is 731. The van der Waals surface area contributed by atoms with Crippen LogP contribution in [0.1, 0.15) is 49.2 Å². The fourth-order valence-electron chi connectivity index (χ4n) is 3.85. The highest BCUT2D eigenvalue weighted by Gasteiger charge is 2.46. The van der Waals surface area contributed by atoms with Crippen LogP contribution < -0.4 is 0 Å². The van der Waals surface area contributed by atoms with Crippen LogP contribution in [0.3, 0.4) is 0 Å². The molecular weight excluding hydrogens is 306 g/mol. The summed E-state index contributed by atoms with van der Waals surface area (Å²) in [5, 5.41) is 15.6. The van der Waals surface area contributed by atoms with Gasteiger partial charge in [0, 0.05) is 24.9 Å². The monoisotopic (exact) mass is 327 g/mol. The molecule has 0 aromatic carbocycles. The number of amides is 1. The van der Waals surface area contributed by atoms with E-state index in [1.807, 2.05) is 4.90 Å². The Labute approximate surface area is 139 Å². The second-order valence-corrected chi connectivity index (χ2v) is 7.32.